The van der Waals surface area contributed by atoms with E-state index in [4.69, 9.17) is 5.11 Å². The third-order valence-electron chi connectivity index (χ3n) is 2.91. The highest BCUT2D eigenvalue weighted by atomic mass is 79.9. The third kappa shape index (κ3) is 2.18. The summed E-state index contributed by atoms with van der Waals surface area (Å²) < 4.78 is 16.1. The number of hydrogen-bond donors (Lipinski definition) is 1. The fraction of sp³-hybridized carbons (Fsp3) is 0. The van der Waals surface area contributed by atoms with Crippen molar-refractivity contribution in [2.45, 2.75) is 0 Å². The van der Waals surface area contributed by atoms with Crippen LogP contribution in [0, 0.1) is 5.82 Å². The van der Waals surface area contributed by atoms with Crippen LogP contribution in [0.4, 0.5) is 4.39 Å². The Balaban J connectivity index is 2.15. The lowest BCUT2D eigenvalue weighted by Gasteiger charge is -1.98. The summed E-state index contributed by atoms with van der Waals surface area (Å²) in [5.41, 5.74) is 1.54. The Bertz CT molecular complexity index is 829. The second-order valence-electron chi connectivity index (χ2n) is 4.24. The van der Waals surface area contributed by atoms with Crippen molar-refractivity contribution in [3.8, 4) is 11.3 Å². The first-order valence-corrected chi connectivity index (χ1v) is 6.51. The standard InChI is InChI=1S/C14H8BrFN2O2/c15-9-2-3-10(11(16)5-9)12-7-18-6-8(14(19)20)1-4-13(18)17-12/h1-7H,(H,19,20). The third-order valence-corrected chi connectivity index (χ3v) is 3.40. The molecule has 0 aliphatic heterocycles. The second-order valence-corrected chi connectivity index (χ2v) is 5.15. The number of fused-ring (bicyclic) bond motifs is 1. The van der Waals surface area contributed by atoms with Crippen molar-refractivity contribution in [3.63, 3.8) is 0 Å². The fourth-order valence-electron chi connectivity index (χ4n) is 1.95. The first kappa shape index (κ1) is 12.8. The Hall–Kier alpha value is -2.21. The van der Waals surface area contributed by atoms with Gasteiger partial charge in [0.15, 0.2) is 0 Å². The van der Waals surface area contributed by atoms with Gasteiger partial charge in [-0.2, -0.15) is 0 Å². The van der Waals surface area contributed by atoms with Crippen molar-refractivity contribution < 1.29 is 14.3 Å². The summed E-state index contributed by atoms with van der Waals surface area (Å²) in [5, 5.41) is 8.94. The molecule has 0 saturated heterocycles. The molecule has 0 aliphatic rings. The van der Waals surface area contributed by atoms with Crippen LogP contribution >= 0.6 is 15.9 Å². The molecule has 0 aliphatic carbocycles. The van der Waals surface area contributed by atoms with Gasteiger partial charge in [0.2, 0.25) is 0 Å². The summed E-state index contributed by atoms with van der Waals surface area (Å²) in [6.45, 7) is 0. The van der Waals surface area contributed by atoms with Crippen LogP contribution in [0.15, 0.2) is 47.2 Å². The Labute approximate surface area is 121 Å². The second kappa shape index (κ2) is 4.72. The van der Waals surface area contributed by atoms with E-state index in [1.54, 1.807) is 28.8 Å². The van der Waals surface area contributed by atoms with Crippen molar-refractivity contribution in [2.24, 2.45) is 0 Å². The van der Waals surface area contributed by atoms with Gasteiger partial charge in [-0.3, -0.25) is 0 Å². The number of carboxylic acids is 1. The minimum Gasteiger partial charge on any atom is -0.478 e. The van der Waals surface area contributed by atoms with Gasteiger partial charge in [0.1, 0.15) is 11.5 Å². The lowest BCUT2D eigenvalue weighted by molar-refractivity contribution is 0.0696. The summed E-state index contributed by atoms with van der Waals surface area (Å²) >= 11 is 3.20. The van der Waals surface area contributed by atoms with E-state index in [-0.39, 0.29) is 11.4 Å². The summed E-state index contributed by atoms with van der Waals surface area (Å²) in [7, 11) is 0. The minimum atomic E-state index is -1.02. The van der Waals surface area contributed by atoms with Gasteiger partial charge in [-0.1, -0.05) is 15.9 Å². The molecule has 3 rings (SSSR count). The highest BCUT2D eigenvalue weighted by Gasteiger charge is 2.11. The maximum atomic E-state index is 13.9. The average molecular weight is 335 g/mol. The molecule has 0 saturated carbocycles. The van der Waals surface area contributed by atoms with Crippen LogP contribution in [0.1, 0.15) is 10.4 Å². The lowest BCUT2D eigenvalue weighted by atomic mass is 10.1. The lowest BCUT2D eigenvalue weighted by Crippen LogP contribution is -1.97. The van der Waals surface area contributed by atoms with Crippen LogP contribution in [0.2, 0.25) is 0 Å². The number of pyridine rings is 1. The van der Waals surface area contributed by atoms with Crippen LogP contribution in [0.25, 0.3) is 16.9 Å². The number of carbonyl (C=O) groups is 1. The number of hydrogen-bond acceptors (Lipinski definition) is 2. The van der Waals surface area contributed by atoms with Crippen molar-refractivity contribution >= 4 is 27.5 Å². The highest BCUT2D eigenvalue weighted by molar-refractivity contribution is 9.10. The predicted molar refractivity (Wildman–Crippen MR) is 75.2 cm³/mol. The van der Waals surface area contributed by atoms with E-state index in [0.717, 1.165) is 0 Å². The zero-order valence-corrected chi connectivity index (χ0v) is 11.6. The molecule has 20 heavy (non-hydrogen) atoms. The molecule has 0 bridgehead atoms. The smallest absolute Gasteiger partial charge is 0.337 e. The van der Waals surface area contributed by atoms with Gasteiger partial charge in [0.25, 0.3) is 0 Å². The first-order valence-electron chi connectivity index (χ1n) is 5.72. The molecule has 0 radical (unpaired) electrons. The van der Waals surface area contributed by atoms with Crippen molar-refractivity contribution in [2.75, 3.05) is 0 Å². The molecule has 1 N–H and O–H groups in total. The number of carboxylic acid groups (broad SMARTS) is 1. The van der Waals surface area contributed by atoms with E-state index in [1.807, 2.05) is 0 Å². The van der Waals surface area contributed by atoms with E-state index in [1.165, 1.54) is 18.3 Å². The summed E-state index contributed by atoms with van der Waals surface area (Å²) in [4.78, 5) is 15.2. The van der Waals surface area contributed by atoms with Crippen LogP contribution < -0.4 is 0 Å². The number of benzene rings is 1. The van der Waals surface area contributed by atoms with Gasteiger partial charge >= 0.3 is 5.97 Å². The predicted octanol–water partition coefficient (Wildman–Crippen LogP) is 3.60. The number of nitrogens with zero attached hydrogens (tertiary/aromatic N) is 2. The molecule has 3 aromatic rings. The van der Waals surface area contributed by atoms with E-state index in [2.05, 4.69) is 20.9 Å². The quantitative estimate of drug-likeness (QED) is 0.779. The number of imidazole rings is 1. The molecule has 1 aromatic carbocycles. The zero-order valence-electron chi connectivity index (χ0n) is 10.0. The first-order chi connectivity index (χ1) is 9.54. The summed E-state index contributed by atoms with van der Waals surface area (Å²) in [6, 6.07) is 7.77. The fourth-order valence-corrected chi connectivity index (χ4v) is 2.28. The molecular formula is C14H8BrFN2O2. The van der Waals surface area contributed by atoms with Gasteiger partial charge in [-0.25, -0.2) is 14.2 Å². The van der Waals surface area contributed by atoms with E-state index < -0.39 is 5.97 Å². The molecule has 2 aromatic heterocycles. The zero-order chi connectivity index (χ0) is 14.3. The molecule has 0 spiro atoms. The Kier molecular flexibility index (Phi) is 3.02. The Morgan fingerprint density at radius 3 is 2.75 bits per heavy atom. The molecule has 4 nitrogen and oxygen atoms in total. The number of aromatic nitrogens is 2. The number of halogens is 2. The summed E-state index contributed by atoms with van der Waals surface area (Å²) in [6.07, 6.45) is 3.05. The Morgan fingerprint density at radius 1 is 1.25 bits per heavy atom. The average Bonchev–Trinajstić information content (AvgIpc) is 2.80. The van der Waals surface area contributed by atoms with Crippen molar-refractivity contribution in [1.29, 1.82) is 0 Å². The normalized spacial score (nSPS) is 10.9. The largest absolute Gasteiger partial charge is 0.478 e. The van der Waals surface area contributed by atoms with Gasteiger partial charge in [-0.15, -0.1) is 0 Å². The maximum Gasteiger partial charge on any atom is 0.337 e. The molecule has 0 atom stereocenters. The monoisotopic (exact) mass is 334 g/mol. The SMILES string of the molecule is O=C(O)c1ccc2nc(-c3ccc(Br)cc3F)cn2c1. The maximum absolute atomic E-state index is 13.9. The van der Waals surface area contributed by atoms with Crippen LogP contribution in [-0.4, -0.2) is 20.5 Å². The van der Waals surface area contributed by atoms with E-state index in [9.17, 15) is 9.18 Å². The van der Waals surface area contributed by atoms with Gasteiger partial charge in [0, 0.05) is 22.4 Å². The highest BCUT2D eigenvalue weighted by Crippen LogP contribution is 2.25. The number of rotatable bonds is 2. The number of aromatic carboxylic acids is 1. The Morgan fingerprint density at radius 2 is 2.05 bits per heavy atom. The van der Waals surface area contributed by atoms with E-state index >= 15 is 0 Å². The summed E-state index contributed by atoms with van der Waals surface area (Å²) in [5.74, 6) is -1.40. The topological polar surface area (TPSA) is 54.6 Å². The van der Waals surface area contributed by atoms with Crippen molar-refractivity contribution in [3.05, 3.63) is 58.6 Å². The van der Waals surface area contributed by atoms with Crippen LogP contribution in [0.3, 0.4) is 0 Å². The molecule has 0 unspecified atom stereocenters. The molecular weight excluding hydrogens is 327 g/mol. The molecule has 6 heteroatoms. The molecule has 0 amide bonds. The van der Waals surface area contributed by atoms with Gasteiger partial charge < -0.3 is 9.51 Å². The van der Waals surface area contributed by atoms with E-state index in [0.29, 0.717) is 21.4 Å². The van der Waals surface area contributed by atoms with Crippen LogP contribution in [-0.2, 0) is 0 Å². The van der Waals surface area contributed by atoms with Crippen molar-refractivity contribution in [1.82, 2.24) is 9.38 Å². The van der Waals surface area contributed by atoms with Gasteiger partial charge in [-0.05, 0) is 30.3 Å². The molecule has 100 valence electrons. The van der Waals surface area contributed by atoms with Gasteiger partial charge in [0.05, 0.1) is 11.3 Å². The molecule has 2 heterocycles. The molecule has 0 fully saturated rings. The van der Waals surface area contributed by atoms with Crippen LogP contribution in [0.5, 0.6) is 0 Å². The minimum absolute atomic E-state index is 0.151.